The van der Waals surface area contributed by atoms with Crippen molar-refractivity contribution in [2.45, 2.75) is 0 Å². The van der Waals surface area contributed by atoms with Crippen LogP contribution in [-0.4, -0.2) is 31.9 Å². The van der Waals surface area contributed by atoms with Crippen LogP contribution in [0.25, 0.3) is 0 Å². The number of aromatic nitrogens is 3. The van der Waals surface area contributed by atoms with Gasteiger partial charge in [0, 0.05) is 18.6 Å². The summed E-state index contributed by atoms with van der Waals surface area (Å²) in [4.78, 5) is 34.8. The molecule has 112 valence electrons. The molecule has 0 aliphatic carbocycles. The highest BCUT2D eigenvalue weighted by atomic mass is 35.5. The van der Waals surface area contributed by atoms with Crippen molar-refractivity contribution in [2.75, 3.05) is 0 Å². The third-order valence-electron chi connectivity index (χ3n) is 2.30. The zero-order valence-electron chi connectivity index (χ0n) is 10.9. The number of hydrogen-bond acceptors (Lipinski definition) is 6. The van der Waals surface area contributed by atoms with Crippen molar-refractivity contribution >= 4 is 40.7 Å². The van der Waals surface area contributed by atoms with E-state index in [1.807, 2.05) is 0 Å². The van der Waals surface area contributed by atoms with E-state index >= 15 is 0 Å². The summed E-state index contributed by atoms with van der Waals surface area (Å²) in [5.41, 5.74) is 5.03. The molecule has 0 spiro atoms. The van der Waals surface area contributed by atoms with Gasteiger partial charge in [0.2, 0.25) is 0 Å². The lowest BCUT2D eigenvalue weighted by molar-refractivity contribution is 0.0930. The number of carbonyl (C=O) groups is 2. The van der Waals surface area contributed by atoms with Crippen molar-refractivity contribution in [3.05, 3.63) is 53.3 Å². The van der Waals surface area contributed by atoms with E-state index in [2.05, 4.69) is 31.1 Å². The Morgan fingerprint density at radius 2 is 1.86 bits per heavy atom. The molecule has 2 aromatic rings. The fraction of sp³-hybridized carbons (Fsp3) is 0. The van der Waals surface area contributed by atoms with Crippen LogP contribution >= 0.6 is 23.8 Å². The van der Waals surface area contributed by atoms with Crippen molar-refractivity contribution in [3.8, 4) is 0 Å². The molecule has 0 bridgehead atoms. The van der Waals surface area contributed by atoms with Gasteiger partial charge in [-0.3, -0.25) is 30.7 Å². The maximum atomic E-state index is 11.8. The van der Waals surface area contributed by atoms with E-state index in [1.165, 1.54) is 36.9 Å². The van der Waals surface area contributed by atoms with Crippen molar-refractivity contribution in [1.82, 2.24) is 31.1 Å². The quantitative estimate of drug-likeness (QED) is 0.415. The molecule has 2 rings (SSSR count). The second-order valence-corrected chi connectivity index (χ2v) is 4.62. The van der Waals surface area contributed by atoms with Crippen LogP contribution in [-0.2, 0) is 0 Å². The summed E-state index contributed by atoms with van der Waals surface area (Å²) in [6, 6.07) is 2.97. The summed E-state index contributed by atoms with van der Waals surface area (Å²) in [7, 11) is 0. The minimum Gasteiger partial charge on any atom is -0.298 e. The molecule has 0 aliphatic heterocycles. The summed E-state index contributed by atoms with van der Waals surface area (Å²) < 4.78 is 0. The van der Waals surface area contributed by atoms with Crippen molar-refractivity contribution in [2.24, 2.45) is 0 Å². The zero-order chi connectivity index (χ0) is 15.9. The molecule has 2 amide bonds. The van der Waals surface area contributed by atoms with Crippen LogP contribution in [0, 0.1) is 0 Å². The summed E-state index contributed by atoms with van der Waals surface area (Å²) in [5.74, 6) is -1.03. The Hall–Kier alpha value is -2.65. The summed E-state index contributed by atoms with van der Waals surface area (Å²) in [5, 5.41) is 2.56. The number of thiocarbonyl (C=S) groups is 1. The first-order chi connectivity index (χ1) is 10.6. The Balaban J connectivity index is 1.84. The van der Waals surface area contributed by atoms with Gasteiger partial charge in [0.05, 0.1) is 11.8 Å². The molecule has 0 atom stereocenters. The average molecular weight is 337 g/mol. The Kier molecular flexibility index (Phi) is 5.28. The van der Waals surface area contributed by atoms with Gasteiger partial charge >= 0.3 is 0 Å². The number of pyridine rings is 1. The smallest absolute Gasteiger partial charge is 0.289 e. The van der Waals surface area contributed by atoms with Gasteiger partial charge in [-0.1, -0.05) is 11.6 Å². The van der Waals surface area contributed by atoms with Gasteiger partial charge in [0.15, 0.2) is 5.11 Å². The van der Waals surface area contributed by atoms with Gasteiger partial charge in [0.1, 0.15) is 10.8 Å². The van der Waals surface area contributed by atoms with Gasteiger partial charge in [-0.2, -0.15) is 0 Å². The van der Waals surface area contributed by atoms with Crippen LogP contribution in [0.4, 0.5) is 0 Å². The second-order valence-electron chi connectivity index (χ2n) is 3.82. The first-order valence-corrected chi connectivity index (χ1v) is 6.64. The van der Waals surface area contributed by atoms with Gasteiger partial charge in [-0.05, 0) is 24.4 Å². The van der Waals surface area contributed by atoms with Crippen LogP contribution < -0.4 is 16.2 Å². The molecule has 3 N–H and O–H groups in total. The molecule has 0 unspecified atom stereocenters. The van der Waals surface area contributed by atoms with Crippen LogP contribution in [0.1, 0.15) is 20.8 Å². The highest BCUT2D eigenvalue weighted by molar-refractivity contribution is 7.80. The fourth-order valence-corrected chi connectivity index (χ4v) is 1.57. The number of rotatable bonds is 2. The third kappa shape index (κ3) is 4.43. The van der Waals surface area contributed by atoms with Gasteiger partial charge in [-0.15, -0.1) is 0 Å². The Morgan fingerprint density at radius 1 is 1.05 bits per heavy atom. The lowest BCUT2D eigenvalue weighted by Crippen LogP contribution is -2.48. The third-order valence-corrected chi connectivity index (χ3v) is 2.73. The van der Waals surface area contributed by atoms with E-state index in [0.717, 1.165) is 0 Å². The monoisotopic (exact) mass is 336 g/mol. The van der Waals surface area contributed by atoms with E-state index in [4.69, 9.17) is 23.8 Å². The van der Waals surface area contributed by atoms with Gasteiger partial charge in [0.25, 0.3) is 11.8 Å². The number of carbonyl (C=O) groups excluding carboxylic acids is 2. The standard InChI is InChI=1S/C12H9ClN6O2S/c13-9-2-1-7(5-16-9)10(20)17-12(22)19-18-11(21)8-6-14-3-4-15-8/h1-6H,(H,18,21)(H2,17,19,20,22). The summed E-state index contributed by atoms with van der Waals surface area (Å²) in [6.45, 7) is 0. The number of nitrogens with one attached hydrogen (secondary N) is 3. The molecule has 10 heteroatoms. The number of amides is 2. The molecule has 2 heterocycles. The average Bonchev–Trinajstić information content (AvgIpc) is 2.54. The van der Waals surface area contributed by atoms with Crippen molar-refractivity contribution in [1.29, 1.82) is 0 Å². The molecule has 2 aromatic heterocycles. The molecular weight excluding hydrogens is 328 g/mol. The summed E-state index contributed by atoms with van der Waals surface area (Å²) in [6.07, 6.45) is 5.41. The van der Waals surface area contributed by atoms with E-state index in [-0.39, 0.29) is 21.5 Å². The Labute approximate surface area is 135 Å². The Morgan fingerprint density at radius 3 is 2.50 bits per heavy atom. The lowest BCUT2D eigenvalue weighted by atomic mass is 10.3. The molecule has 0 fully saturated rings. The van der Waals surface area contributed by atoms with Crippen molar-refractivity contribution < 1.29 is 9.59 Å². The second kappa shape index (κ2) is 7.38. The van der Waals surface area contributed by atoms with E-state index in [0.29, 0.717) is 0 Å². The molecule has 0 saturated carbocycles. The molecule has 8 nitrogen and oxygen atoms in total. The predicted molar refractivity (Wildman–Crippen MR) is 81.9 cm³/mol. The van der Waals surface area contributed by atoms with Crippen LogP contribution in [0.5, 0.6) is 0 Å². The maximum Gasteiger partial charge on any atom is 0.289 e. The van der Waals surface area contributed by atoms with E-state index in [1.54, 1.807) is 0 Å². The molecule has 0 radical (unpaired) electrons. The Bertz CT molecular complexity index is 695. The first-order valence-electron chi connectivity index (χ1n) is 5.85. The number of hydrazine groups is 1. The van der Waals surface area contributed by atoms with Crippen LogP contribution in [0.2, 0.25) is 5.15 Å². The highest BCUT2D eigenvalue weighted by Gasteiger charge is 2.10. The number of nitrogens with zero attached hydrogens (tertiary/aromatic N) is 3. The van der Waals surface area contributed by atoms with Crippen LogP contribution in [0.3, 0.4) is 0 Å². The zero-order valence-corrected chi connectivity index (χ0v) is 12.5. The molecule has 0 aromatic carbocycles. The van der Waals surface area contributed by atoms with Crippen molar-refractivity contribution in [3.63, 3.8) is 0 Å². The summed E-state index contributed by atoms with van der Waals surface area (Å²) >= 11 is 10.5. The number of hydrogen-bond donors (Lipinski definition) is 3. The van der Waals surface area contributed by atoms with E-state index < -0.39 is 11.8 Å². The number of halogens is 1. The normalized spacial score (nSPS) is 9.68. The van der Waals surface area contributed by atoms with E-state index in [9.17, 15) is 9.59 Å². The fourth-order valence-electron chi connectivity index (χ4n) is 1.31. The van der Waals surface area contributed by atoms with Gasteiger partial charge in [-0.25, -0.2) is 9.97 Å². The molecule has 0 saturated heterocycles. The van der Waals surface area contributed by atoms with Crippen LogP contribution in [0.15, 0.2) is 36.9 Å². The lowest BCUT2D eigenvalue weighted by Gasteiger charge is -2.10. The molecule has 22 heavy (non-hydrogen) atoms. The largest absolute Gasteiger partial charge is 0.298 e. The first kappa shape index (κ1) is 15.7. The maximum absolute atomic E-state index is 11.8. The highest BCUT2D eigenvalue weighted by Crippen LogP contribution is 2.04. The molecular formula is C12H9ClN6O2S. The minimum absolute atomic E-state index is 0.0859. The minimum atomic E-state index is -0.544. The molecule has 0 aliphatic rings. The van der Waals surface area contributed by atoms with Gasteiger partial charge < -0.3 is 0 Å². The topological polar surface area (TPSA) is 109 Å². The SMILES string of the molecule is O=C(NC(=S)NNC(=O)c1cnccn1)c1ccc(Cl)nc1. The predicted octanol–water partition coefficient (Wildman–Crippen LogP) is 0.474.